The van der Waals surface area contributed by atoms with Crippen LogP contribution in [-0.2, 0) is 11.3 Å². The van der Waals surface area contributed by atoms with E-state index in [9.17, 15) is 9.59 Å². The number of benzene rings is 1. The van der Waals surface area contributed by atoms with E-state index in [2.05, 4.69) is 4.90 Å². The smallest absolute Gasteiger partial charge is 0.307 e. The number of piperazine rings is 1. The van der Waals surface area contributed by atoms with Gasteiger partial charge < -0.3 is 14.5 Å². The lowest BCUT2D eigenvalue weighted by molar-refractivity contribution is -0.132. The molecule has 2 heterocycles. The highest BCUT2D eigenvalue weighted by atomic mass is 32.1. The number of aryl methyl sites for hydroxylation is 1. The Hall–Kier alpha value is -2.28. The van der Waals surface area contributed by atoms with Crippen molar-refractivity contribution in [3.8, 4) is 5.75 Å². The highest BCUT2D eigenvalue weighted by Crippen LogP contribution is 2.20. The Morgan fingerprint density at radius 2 is 1.83 bits per heavy atom. The summed E-state index contributed by atoms with van der Waals surface area (Å²) in [4.78, 5) is 28.2. The van der Waals surface area contributed by atoms with E-state index >= 15 is 0 Å². The zero-order chi connectivity index (χ0) is 17.1. The summed E-state index contributed by atoms with van der Waals surface area (Å²) in [7, 11) is 1.65. The summed E-state index contributed by atoms with van der Waals surface area (Å²) in [6, 6.07) is 7.95. The van der Waals surface area contributed by atoms with Gasteiger partial charge in [-0.25, -0.2) is 0 Å². The van der Waals surface area contributed by atoms with Gasteiger partial charge in [-0.1, -0.05) is 11.3 Å². The second-order valence-electron chi connectivity index (χ2n) is 5.79. The minimum absolute atomic E-state index is 0.00739. The largest absolute Gasteiger partial charge is 0.497 e. The summed E-state index contributed by atoms with van der Waals surface area (Å²) in [6.07, 6.45) is 0. The maximum absolute atomic E-state index is 12.4. The van der Waals surface area contributed by atoms with Crippen LogP contribution in [0.5, 0.6) is 5.75 Å². The van der Waals surface area contributed by atoms with Gasteiger partial charge in [-0.2, -0.15) is 0 Å². The molecule has 0 N–H and O–H groups in total. The SMILES string of the molecule is COc1ccc(N2CCN(C(=O)Cn3c(C)csc3=O)CC2)cc1. The maximum Gasteiger partial charge on any atom is 0.307 e. The number of rotatable bonds is 4. The van der Waals surface area contributed by atoms with E-state index in [-0.39, 0.29) is 17.3 Å². The summed E-state index contributed by atoms with van der Waals surface area (Å²) in [6.45, 7) is 4.90. The summed E-state index contributed by atoms with van der Waals surface area (Å²) >= 11 is 1.14. The van der Waals surface area contributed by atoms with Gasteiger partial charge >= 0.3 is 4.87 Å². The van der Waals surface area contributed by atoms with Crippen LogP contribution >= 0.6 is 11.3 Å². The lowest BCUT2D eigenvalue weighted by Gasteiger charge is -2.36. The summed E-state index contributed by atoms with van der Waals surface area (Å²) in [5.41, 5.74) is 1.98. The first-order valence-electron chi connectivity index (χ1n) is 7.90. The first-order valence-corrected chi connectivity index (χ1v) is 8.78. The van der Waals surface area contributed by atoms with Gasteiger partial charge in [0.1, 0.15) is 12.3 Å². The highest BCUT2D eigenvalue weighted by Gasteiger charge is 2.22. The number of methoxy groups -OCH3 is 1. The van der Waals surface area contributed by atoms with E-state index in [1.807, 2.05) is 36.1 Å². The Balaban J connectivity index is 1.58. The fourth-order valence-corrected chi connectivity index (χ4v) is 3.57. The molecule has 0 spiro atoms. The minimum Gasteiger partial charge on any atom is -0.497 e. The summed E-state index contributed by atoms with van der Waals surface area (Å²) in [5.74, 6) is 0.845. The number of hydrogen-bond donors (Lipinski definition) is 0. The van der Waals surface area contributed by atoms with E-state index < -0.39 is 0 Å². The number of carbonyl (C=O) groups is 1. The van der Waals surface area contributed by atoms with Crippen LogP contribution in [0.15, 0.2) is 34.4 Å². The van der Waals surface area contributed by atoms with Gasteiger partial charge in [0.2, 0.25) is 5.91 Å². The van der Waals surface area contributed by atoms with Crippen LogP contribution in [0.2, 0.25) is 0 Å². The molecule has 6 nitrogen and oxygen atoms in total. The number of aromatic nitrogens is 1. The van der Waals surface area contributed by atoms with Gasteiger partial charge in [0.05, 0.1) is 7.11 Å². The van der Waals surface area contributed by atoms with Gasteiger partial charge in [0.15, 0.2) is 0 Å². The molecule has 1 aromatic heterocycles. The van der Waals surface area contributed by atoms with Crippen molar-refractivity contribution in [1.82, 2.24) is 9.47 Å². The Labute approximate surface area is 144 Å². The molecular weight excluding hydrogens is 326 g/mol. The molecule has 1 amide bonds. The topological polar surface area (TPSA) is 54.8 Å². The van der Waals surface area contributed by atoms with Crippen molar-refractivity contribution in [1.29, 1.82) is 0 Å². The van der Waals surface area contributed by atoms with Crippen molar-refractivity contribution in [2.75, 3.05) is 38.2 Å². The number of hydrogen-bond acceptors (Lipinski definition) is 5. The molecule has 7 heteroatoms. The van der Waals surface area contributed by atoms with Crippen molar-refractivity contribution in [2.45, 2.75) is 13.5 Å². The normalized spacial score (nSPS) is 14.8. The average Bonchev–Trinajstić information content (AvgIpc) is 2.94. The van der Waals surface area contributed by atoms with Gasteiger partial charge in [-0.3, -0.25) is 14.2 Å². The van der Waals surface area contributed by atoms with Crippen molar-refractivity contribution in [2.24, 2.45) is 0 Å². The Morgan fingerprint density at radius 3 is 2.38 bits per heavy atom. The van der Waals surface area contributed by atoms with Crippen LogP contribution < -0.4 is 14.5 Å². The molecule has 2 aromatic rings. The predicted octanol–water partition coefficient (Wildman–Crippen LogP) is 1.58. The Kier molecular flexibility index (Phi) is 4.89. The van der Waals surface area contributed by atoms with E-state index in [1.54, 1.807) is 17.1 Å². The van der Waals surface area contributed by atoms with Crippen LogP contribution in [0.3, 0.4) is 0 Å². The molecule has 1 saturated heterocycles. The quantitative estimate of drug-likeness (QED) is 0.843. The second-order valence-corrected chi connectivity index (χ2v) is 6.62. The minimum atomic E-state index is -0.0716. The first-order chi connectivity index (χ1) is 11.6. The number of carbonyl (C=O) groups excluding carboxylic acids is 1. The highest BCUT2D eigenvalue weighted by molar-refractivity contribution is 7.07. The van der Waals surface area contributed by atoms with Gasteiger partial charge in [-0.15, -0.1) is 0 Å². The zero-order valence-electron chi connectivity index (χ0n) is 13.9. The molecule has 1 aromatic carbocycles. The fraction of sp³-hybridized carbons (Fsp3) is 0.412. The van der Waals surface area contributed by atoms with Crippen molar-refractivity contribution in [3.05, 3.63) is 45.0 Å². The molecule has 0 atom stereocenters. The maximum atomic E-state index is 12.4. The van der Waals surface area contributed by atoms with Gasteiger partial charge in [0.25, 0.3) is 0 Å². The van der Waals surface area contributed by atoms with E-state index in [4.69, 9.17) is 4.74 Å². The predicted molar refractivity (Wildman–Crippen MR) is 95.1 cm³/mol. The van der Waals surface area contributed by atoms with Crippen LogP contribution in [-0.4, -0.2) is 48.7 Å². The van der Waals surface area contributed by atoms with E-state index in [1.165, 1.54) is 0 Å². The van der Waals surface area contributed by atoms with Crippen LogP contribution in [0, 0.1) is 6.92 Å². The zero-order valence-corrected chi connectivity index (χ0v) is 14.7. The monoisotopic (exact) mass is 347 g/mol. The molecule has 0 aliphatic carbocycles. The molecule has 0 bridgehead atoms. The number of thiazole rings is 1. The molecule has 0 saturated carbocycles. The molecule has 1 aliphatic heterocycles. The number of ether oxygens (including phenoxy) is 1. The summed E-state index contributed by atoms with van der Waals surface area (Å²) < 4.78 is 6.72. The van der Waals surface area contributed by atoms with E-state index in [0.717, 1.165) is 41.6 Å². The molecule has 24 heavy (non-hydrogen) atoms. The molecule has 3 rings (SSSR count). The third-order valence-electron chi connectivity index (χ3n) is 4.34. The first kappa shape index (κ1) is 16.6. The molecule has 0 radical (unpaired) electrons. The second kappa shape index (κ2) is 7.09. The Bertz CT molecular complexity index is 758. The third-order valence-corrected chi connectivity index (χ3v) is 5.22. The average molecular weight is 347 g/mol. The number of nitrogens with zero attached hydrogens (tertiary/aromatic N) is 3. The van der Waals surface area contributed by atoms with Crippen LogP contribution in [0.25, 0.3) is 0 Å². The molecule has 1 fully saturated rings. The third kappa shape index (κ3) is 3.46. The number of anilines is 1. The van der Waals surface area contributed by atoms with E-state index in [0.29, 0.717) is 13.1 Å². The molecular formula is C17H21N3O3S. The lowest BCUT2D eigenvalue weighted by atomic mass is 10.2. The Morgan fingerprint density at radius 1 is 1.17 bits per heavy atom. The van der Waals surface area contributed by atoms with Crippen LogP contribution in [0.4, 0.5) is 5.69 Å². The van der Waals surface area contributed by atoms with Crippen molar-refractivity contribution >= 4 is 22.9 Å². The van der Waals surface area contributed by atoms with Crippen molar-refractivity contribution in [3.63, 3.8) is 0 Å². The van der Waals surface area contributed by atoms with Crippen molar-refractivity contribution < 1.29 is 9.53 Å². The van der Waals surface area contributed by atoms with Crippen LogP contribution in [0.1, 0.15) is 5.69 Å². The van der Waals surface area contributed by atoms with Gasteiger partial charge in [-0.05, 0) is 31.2 Å². The molecule has 128 valence electrons. The number of amides is 1. The summed E-state index contributed by atoms with van der Waals surface area (Å²) in [5, 5.41) is 1.79. The standard InChI is InChI=1S/C17H21N3O3S/c1-13-12-24-17(22)20(13)11-16(21)19-9-7-18(8-10-19)14-3-5-15(23-2)6-4-14/h3-6,12H,7-11H2,1-2H3. The molecule has 1 aliphatic rings. The lowest BCUT2D eigenvalue weighted by Crippen LogP contribution is -2.50. The molecule has 0 unspecified atom stereocenters. The fourth-order valence-electron chi connectivity index (χ4n) is 2.84. The van der Waals surface area contributed by atoms with Gasteiger partial charge in [0, 0.05) is 42.9 Å².